The highest BCUT2D eigenvalue weighted by Gasteiger charge is 2.32. The minimum Gasteiger partial charge on any atom is -0.393 e. The van der Waals surface area contributed by atoms with Crippen LogP contribution in [0.2, 0.25) is 0 Å². The van der Waals surface area contributed by atoms with Crippen molar-refractivity contribution >= 4 is 0 Å². The second-order valence-corrected chi connectivity index (χ2v) is 3.50. The van der Waals surface area contributed by atoms with Gasteiger partial charge in [0.05, 0.1) is 6.10 Å². The van der Waals surface area contributed by atoms with Crippen molar-refractivity contribution in [3.8, 4) is 0 Å². The number of rotatable bonds is 4. The van der Waals surface area contributed by atoms with Crippen LogP contribution in [0.3, 0.4) is 0 Å². The van der Waals surface area contributed by atoms with Gasteiger partial charge in [0.1, 0.15) is 11.5 Å². The fourth-order valence-corrected chi connectivity index (χ4v) is 1.30. The van der Waals surface area contributed by atoms with Crippen molar-refractivity contribution in [3.63, 3.8) is 0 Å². The van der Waals surface area contributed by atoms with E-state index in [1.807, 2.05) is 6.92 Å². The van der Waals surface area contributed by atoms with Gasteiger partial charge < -0.3 is 5.11 Å². The first-order valence-corrected chi connectivity index (χ1v) is 5.00. The van der Waals surface area contributed by atoms with Gasteiger partial charge in [0, 0.05) is 12.6 Å². The minimum atomic E-state index is -4.46. The molecule has 0 aromatic carbocycles. The van der Waals surface area contributed by atoms with Gasteiger partial charge in [0.25, 0.3) is 0 Å². The molecule has 0 spiro atoms. The highest BCUT2D eigenvalue weighted by molar-refractivity contribution is 5.06. The van der Waals surface area contributed by atoms with E-state index in [4.69, 9.17) is 0 Å². The number of halogens is 3. The van der Waals surface area contributed by atoms with Gasteiger partial charge in [-0.25, -0.2) is 9.97 Å². The summed E-state index contributed by atoms with van der Waals surface area (Å²) >= 11 is 0. The van der Waals surface area contributed by atoms with Crippen molar-refractivity contribution in [2.75, 3.05) is 0 Å². The fourth-order valence-electron chi connectivity index (χ4n) is 1.30. The van der Waals surface area contributed by atoms with Crippen LogP contribution in [0.15, 0.2) is 12.3 Å². The summed E-state index contributed by atoms with van der Waals surface area (Å²) in [5.74, 6) is 0.0239. The molecule has 1 atom stereocenters. The molecule has 0 bridgehead atoms. The summed E-state index contributed by atoms with van der Waals surface area (Å²) in [7, 11) is 0. The molecule has 0 aliphatic heterocycles. The maximum Gasteiger partial charge on any atom is 0.433 e. The second-order valence-electron chi connectivity index (χ2n) is 3.50. The van der Waals surface area contributed by atoms with Crippen LogP contribution in [0.5, 0.6) is 0 Å². The lowest BCUT2D eigenvalue weighted by atomic mass is 10.1. The number of hydrogen-bond donors (Lipinski definition) is 1. The van der Waals surface area contributed by atoms with E-state index < -0.39 is 18.0 Å². The van der Waals surface area contributed by atoms with Crippen molar-refractivity contribution in [2.24, 2.45) is 0 Å². The van der Waals surface area contributed by atoms with E-state index in [-0.39, 0.29) is 12.2 Å². The first-order chi connectivity index (χ1) is 7.43. The molecular formula is C10H13F3N2O. The highest BCUT2D eigenvalue weighted by atomic mass is 19.4. The molecule has 0 amide bonds. The van der Waals surface area contributed by atoms with E-state index in [0.29, 0.717) is 6.42 Å². The third-order valence-corrected chi connectivity index (χ3v) is 2.04. The van der Waals surface area contributed by atoms with Crippen LogP contribution >= 0.6 is 0 Å². The number of alkyl halides is 3. The van der Waals surface area contributed by atoms with Gasteiger partial charge in [-0.1, -0.05) is 13.3 Å². The average Bonchev–Trinajstić information content (AvgIpc) is 2.17. The van der Waals surface area contributed by atoms with Gasteiger partial charge in [-0.05, 0) is 12.5 Å². The Morgan fingerprint density at radius 2 is 2.12 bits per heavy atom. The first-order valence-electron chi connectivity index (χ1n) is 5.00. The quantitative estimate of drug-likeness (QED) is 0.868. The Hall–Kier alpha value is -1.17. The molecule has 0 aliphatic carbocycles. The zero-order chi connectivity index (χ0) is 12.2. The van der Waals surface area contributed by atoms with Gasteiger partial charge in [-0.2, -0.15) is 13.2 Å². The summed E-state index contributed by atoms with van der Waals surface area (Å²) in [4.78, 5) is 7.07. The van der Waals surface area contributed by atoms with Crippen LogP contribution in [-0.4, -0.2) is 21.2 Å². The lowest BCUT2D eigenvalue weighted by Gasteiger charge is -2.10. The van der Waals surface area contributed by atoms with Crippen LogP contribution in [0.1, 0.15) is 31.3 Å². The molecule has 1 aromatic heterocycles. The van der Waals surface area contributed by atoms with E-state index in [1.54, 1.807) is 0 Å². The van der Waals surface area contributed by atoms with E-state index in [1.165, 1.54) is 0 Å². The van der Waals surface area contributed by atoms with E-state index in [0.717, 1.165) is 18.7 Å². The van der Waals surface area contributed by atoms with Crippen molar-refractivity contribution in [2.45, 2.75) is 38.5 Å². The molecule has 3 nitrogen and oxygen atoms in total. The van der Waals surface area contributed by atoms with E-state index >= 15 is 0 Å². The average molecular weight is 234 g/mol. The topological polar surface area (TPSA) is 46.0 Å². The summed E-state index contributed by atoms with van der Waals surface area (Å²) in [6.45, 7) is 1.89. The number of hydrogen-bond acceptors (Lipinski definition) is 3. The van der Waals surface area contributed by atoms with Crippen LogP contribution in [0, 0.1) is 0 Å². The highest BCUT2D eigenvalue weighted by Crippen LogP contribution is 2.27. The Bertz CT molecular complexity index is 341. The third kappa shape index (κ3) is 3.77. The molecule has 1 N–H and O–H groups in total. The van der Waals surface area contributed by atoms with Gasteiger partial charge in [0.2, 0.25) is 0 Å². The molecule has 1 unspecified atom stereocenters. The Kier molecular flexibility index (Phi) is 4.23. The normalized spacial score (nSPS) is 13.8. The second kappa shape index (κ2) is 5.25. The van der Waals surface area contributed by atoms with Gasteiger partial charge in [0.15, 0.2) is 0 Å². The molecular weight excluding hydrogens is 221 g/mol. The summed E-state index contributed by atoms with van der Waals surface area (Å²) < 4.78 is 36.9. The smallest absolute Gasteiger partial charge is 0.393 e. The van der Waals surface area contributed by atoms with Crippen molar-refractivity contribution in [3.05, 3.63) is 23.8 Å². The Labute approximate surface area is 91.4 Å². The maximum atomic E-state index is 12.3. The molecule has 1 rings (SSSR count). The standard InChI is InChI=1S/C10H13F3N2O/c1-2-3-7(16)6-9-14-5-4-8(15-9)10(11,12)13/h4-5,7,16H,2-3,6H2,1H3. The predicted octanol–water partition coefficient (Wildman–Crippen LogP) is 2.20. The van der Waals surface area contributed by atoms with Crippen LogP contribution < -0.4 is 0 Å². The van der Waals surface area contributed by atoms with Crippen molar-refractivity contribution in [1.82, 2.24) is 9.97 Å². The molecule has 16 heavy (non-hydrogen) atoms. The lowest BCUT2D eigenvalue weighted by Crippen LogP contribution is -2.15. The van der Waals surface area contributed by atoms with Crippen LogP contribution in [0.25, 0.3) is 0 Å². The zero-order valence-corrected chi connectivity index (χ0v) is 8.83. The van der Waals surface area contributed by atoms with Gasteiger partial charge in [-0.3, -0.25) is 0 Å². The maximum absolute atomic E-state index is 12.3. The minimum absolute atomic E-state index is 0.0239. The third-order valence-electron chi connectivity index (χ3n) is 2.04. The number of nitrogens with zero attached hydrogens (tertiary/aromatic N) is 2. The fraction of sp³-hybridized carbons (Fsp3) is 0.600. The zero-order valence-electron chi connectivity index (χ0n) is 8.83. The van der Waals surface area contributed by atoms with Gasteiger partial charge in [-0.15, -0.1) is 0 Å². The summed E-state index contributed by atoms with van der Waals surface area (Å²) in [5, 5.41) is 9.44. The van der Waals surface area contributed by atoms with Crippen LogP contribution in [0.4, 0.5) is 13.2 Å². The van der Waals surface area contributed by atoms with E-state index in [2.05, 4.69) is 9.97 Å². The Balaban J connectivity index is 2.75. The largest absolute Gasteiger partial charge is 0.433 e. The Morgan fingerprint density at radius 1 is 1.44 bits per heavy atom. The lowest BCUT2D eigenvalue weighted by molar-refractivity contribution is -0.141. The van der Waals surface area contributed by atoms with Gasteiger partial charge >= 0.3 is 6.18 Å². The summed E-state index contributed by atoms with van der Waals surface area (Å²) in [6, 6.07) is 0.815. The molecule has 6 heteroatoms. The Morgan fingerprint density at radius 3 is 2.69 bits per heavy atom. The molecule has 1 heterocycles. The molecule has 1 aromatic rings. The SMILES string of the molecule is CCCC(O)Cc1nccc(C(F)(F)F)n1. The number of aliphatic hydroxyl groups excluding tert-OH is 1. The first kappa shape index (κ1) is 12.9. The molecule has 0 saturated heterocycles. The predicted molar refractivity (Wildman–Crippen MR) is 51.7 cm³/mol. The van der Waals surface area contributed by atoms with Crippen molar-refractivity contribution < 1.29 is 18.3 Å². The monoisotopic (exact) mass is 234 g/mol. The number of aliphatic hydroxyl groups is 1. The summed E-state index contributed by atoms with van der Waals surface area (Å²) in [5.41, 5.74) is -0.971. The molecule has 0 saturated carbocycles. The van der Waals surface area contributed by atoms with Crippen molar-refractivity contribution in [1.29, 1.82) is 0 Å². The van der Waals surface area contributed by atoms with Crippen LogP contribution in [-0.2, 0) is 12.6 Å². The summed E-state index contributed by atoms with van der Waals surface area (Å²) in [6.07, 6.45) is -2.75. The molecule has 0 aliphatic rings. The molecule has 90 valence electrons. The number of aromatic nitrogens is 2. The molecule has 0 radical (unpaired) electrons. The van der Waals surface area contributed by atoms with E-state index in [9.17, 15) is 18.3 Å². The molecule has 0 fully saturated rings.